The van der Waals surface area contributed by atoms with Crippen LogP contribution in [0.15, 0.2) is 36.7 Å². The average Bonchev–Trinajstić information content (AvgIpc) is 2.72. The molecular weight excluding hydrogens is 375 g/mol. The van der Waals surface area contributed by atoms with Crippen LogP contribution < -0.4 is 14.4 Å². The first-order valence-corrected chi connectivity index (χ1v) is 10.1. The van der Waals surface area contributed by atoms with E-state index in [1.54, 1.807) is 12.1 Å². The molecule has 0 unspecified atom stereocenters. The summed E-state index contributed by atoms with van der Waals surface area (Å²) in [5, 5.41) is 0. The van der Waals surface area contributed by atoms with Crippen LogP contribution in [-0.4, -0.2) is 59.7 Å². The molecule has 1 aliphatic heterocycles. The summed E-state index contributed by atoms with van der Waals surface area (Å²) in [6.07, 6.45) is 5.51. The first-order chi connectivity index (χ1) is 14.2. The minimum atomic E-state index is -0.309. The predicted molar refractivity (Wildman–Crippen MR) is 106 cm³/mol. The van der Waals surface area contributed by atoms with Crippen molar-refractivity contribution in [3.8, 4) is 11.6 Å². The molecule has 2 heterocycles. The third kappa shape index (κ3) is 5.13. The van der Waals surface area contributed by atoms with E-state index in [1.807, 2.05) is 11.0 Å². The Bertz CT molecular complexity index is 821. The van der Waals surface area contributed by atoms with Gasteiger partial charge in [0.05, 0.1) is 13.0 Å². The van der Waals surface area contributed by atoms with Crippen molar-refractivity contribution in [2.45, 2.75) is 31.8 Å². The van der Waals surface area contributed by atoms with Crippen molar-refractivity contribution in [1.29, 1.82) is 0 Å². The molecule has 0 spiro atoms. The molecule has 1 aromatic carbocycles. The van der Waals surface area contributed by atoms with E-state index in [1.165, 1.54) is 24.9 Å². The van der Waals surface area contributed by atoms with Crippen LogP contribution in [0.3, 0.4) is 0 Å². The number of benzene rings is 1. The summed E-state index contributed by atoms with van der Waals surface area (Å²) in [7, 11) is 0. The summed E-state index contributed by atoms with van der Waals surface area (Å²) in [4.78, 5) is 25.0. The van der Waals surface area contributed by atoms with Crippen molar-refractivity contribution in [2.24, 2.45) is 0 Å². The Labute approximate surface area is 169 Å². The number of carbonyl (C=O) groups is 1. The van der Waals surface area contributed by atoms with Crippen molar-refractivity contribution in [2.75, 3.05) is 37.7 Å². The van der Waals surface area contributed by atoms with Crippen molar-refractivity contribution < 1.29 is 18.7 Å². The highest BCUT2D eigenvalue weighted by Gasteiger charge is 2.23. The Morgan fingerprint density at radius 3 is 2.55 bits per heavy atom. The number of aromatic nitrogens is 2. The number of nitrogens with zero attached hydrogens (tertiary/aromatic N) is 4. The number of halogens is 1. The molecule has 7 nitrogen and oxygen atoms in total. The molecule has 1 amide bonds. The lowest BCUT2D eigenvalue weighted by molar-refractivity contribution is -0.132. The van der Waals surface area contributed by atoms with Gasteiger partial charge in [-0.15, -0.1) is 0 Å². The first-order valence-electron chi connectivity index (χ1n) is 10.1. The molecule has 2 aromatic rings. The minimum Gasteiger partial charge on any atom is -0.493 e. The average molecular weight is 400 g/mol. The molecule has 4 rings (SSSR count). The Balaban J connectivity index is 1.22. The molecule has 8 heteroatoms. The van der Waals surface area contributed by atoms with Gasteiger partial charge in [-0.05, 0) is 43.5 Å². The Kier molecular flexibility index (Phi) is 6.07. The lowest BCUT2D eigenvalue weighted by Gasteiger charge is -2.35. The number of carbonyl (C=O) groups excluding carboxylic acids is 1. The van der Waals surface area contributed by atoms with Gasteiger partial charge in [0.1, 0.15) is 29.8 Å². The van der Waals surface area contributed by atoms with E-state index in [0.717, 1.165) is 18.7 Å². The molecular formula is C21H25FN4O3. The molecule has 1 aromatic heterocycles. The number of rotatable bonds is 7. The fourth-order valence-electron chi connectivity index (χ4n) is 3.36. The third-order valence-electron chi connectivity index (χ3n) is 5.32. The van der Waals surface area contributed by atoms with E-state index in [4.69, 9.17) is 9.47 Å². The van der Waals surface area contributed by atoms with Gasteiger partial charge in [-0.1, -0.05) is 0 Å². The Morgan fingerprint density at radius 2 is 1.86 bits per heavy atom. The molecule has 0 N–H and O–H groups in total. The van der Waals surface area contributed by atoms with Gasteiger partial charge in [-0.25, -0.2) is 14.4 Å². The number of hydrogen-bond donors (Lipinski definition) is 0. The fourth-order valence-corrected chi connectivity index (χ4v) is 3.36. The van der Waals surface area contributed by atoms with Crippen LogP contribution in [0.4, 0.5) is 10.2 Å². The topological polar surface area (TPSA) is 67.8 Å². The van der Waals surface area contributed by atoms with E-state index < -0.39 is 0 Å². The number of amides is 1. The molecule has 0 radical (unpaired) electrons. The second kappa shape index (κ2) is 9.07. The second-order valence-corrected chi connectivity index (χ2v) is 7.31. The van der Waals surface area contributed by atoms with E-state index in [9.17, 15) is 9.18 Å². The summed E-state index contributed by atoms with van der Waals surface area (Å²) in [6, 6.07) is 7.68. The maximum Gasteiger partial charge on any atom is 0.226 e. The highest BCUT2D eigenvalue weighted by Crippen LogP contribution is 2.25. The minimum absolute atomic E-state index is 0.0588. The maximum absolute atomic E-state index is 12.9. The smallest absolute Gasteiger partial charge is 0.226 e. The SMILES string of the molecule is O=C(CCOc1ccc(F)cc1)N1CCN(c2cc(OC3CCC3)ncn2)CC1. The van der Waals surface area contributed by atoms with Crippen molar-refractivity contribution in [1.82, 2.24) is 14.9 Å². The lowest BCUT2D eigenvalue weighted by atomic mass is 9.96. The molecule has 1 saturated carbocycles. The van der Waals surface area contributed by atoms with Crippen LogP contribution in [0.2, 0.25) is 0 Å². The third-order valence-corrected chi connectivity index (χ3v) is 5.32. The number of anilines is 1. The molecule has 29 heavy (non-hydrogen) atoms. The van der Waals surface area contributed by atoms with Crippen LogP contribution in [-0.2, 0) is 4.79 Å². The predicted octanol–water partition coefficient (Wildman–Crippen LogP) is 2.66. The van der Waals surface area contributed by atoms with Crippen LogP contribution in [0.5, 0.6) is 11.6 Å². The first kappa shape index (κ1) is 19.4. The van der Waals surface area contributed by atoms with Crippen molar-refractivity contribution in [3.05, 3.63) is 42.5 Å². The van der Waals surface area contributed by atoms with Crippen molar-refractivity contribution in [3.63, 3.8) is 0 Å². The van der Waals surface area contributed by atoms with Crippen LogP contribution in [0.1, 0.15) is 25.7 Å². The Hall–Kier alpha value is -2.90. The molecule has 1 saturated heterocycles. The summed E-state index contributed by atoms with van der Waals surface area (Å²) >= 11 is 0. The highest BCUT2D eigenvalue weighted by molar-refractivity contribution is 5.76. The summed E-state index contributed by atoms with van der Waals surface area (Å²) in [5.74, 6) is 1.77. The largest absolute Gasteiger partial charge is 0.493 e. The molecule has 1 aliphatic carbocycles. The molecule has 0 atom stereocenters. The van der Waals surface area contributed by atoms with Gasteiger partial charge < -0.3 is 19.3 Å². The number of ether oxygens (including phenoxy) is 2. The summed E-state index contributed by atoms with van der Waals surface area (Å²) in [5.41, 5.74) is 0. The normalized spacial score (nSPS) is 17.0. The summed E-state index contributed by atoms with van der Waals surface area (Å²) < 4.78 is 24.3. The zero-order valence-corrected chi connectivity index (χ0v) is 16.3. The van der Waals surface area contributed by atoms with E-state index in [-0.39, 0.29) is 24.4 Å². The molecule has 2 aliphatic rings. The van der Waals surface area contributed by atoms with E-state index in [0.29, 0.717) is 44.2 Å². The monoisotopic (exact) mass is 400 g/mol. The van der Waals surface area contributed by atoms with E-state index >= 15 is 0 Å². The van der Waals surface area contributed by atoms with Crippen molar-refractivity contribution >= 4 is 11.7 Å². The van der Waals surface area contributed by atoms with Gasteiger partial charge >= 0.3 is 0 Å². The maximum atomic E-state index is 12.9. The zero-order valence-electron chi connectivity index (χ0n) is 16.3. The molecule has 2 fully saturated rings. The zero-order chi connectivity index (χ0) is 20.1. The standard InChI is InChI=1S/C21H25FN4O3/c22-16-4-6-17(7-5-16)28-13-8-21(27)26-11-9-25(10-12-26)19-14-20(24-15-23-19)29-18-2-1-3-18/h4-7,14-15,18H,1-3,8-13H2. The van der Waals surface area contributed by atoms with Gasteiger partial charge in [-0.2, -0.15) is 0 Å². The second-order valence-electron chi connectivity index (χ2n) is 7.31. The van der Waals surface area contributed by atoms with Gasteiger partial charge in [0, 0.05) is 32.2 Å². The number of hydrogen-bond acceptors (Lipinski definition) is 6. The Morgan fingerprint density at radius 1 is 1.10 bits per heavy atom. The highest BCUT2D eigenvalue weighted by atomic mass is 19.1. The fraction of sp³-hybridized carbons (Fsp3) is 0.476. The molecule has 0 bridgehead atoms. The van der Waals surface area contributed by atoms with Crippen LogP contribution in [0.25, 0.3) is 0 Å². The lowest BCUT2D eigenvalue weighted by Crippen LogP contribution is -2.49. The van der Waals surface area contributed by atoms with Crippen LogP contribution in [0, 0.1) is 5.82 Å². The summed E-state index contributed by atoms with van der Waals surface area (Å²) in [6.45, 7) is 2.98. The van der Waals surface area contributed by atoms with Gasteiger partial charge in [0.25, 0.3) is 0 Å². The quantitative estimate of drug-likeness (QED) is 0.712. The molecule has 154 valence electrons. The van der Waals surface area contributed by atoms with Gasteiger partial charge in [0.2, 0.25) is 11.8 Å². The number of piperazine rings is 1. The van der Waals surface area contributed by atoms with E-state index in [2.05, 4.69) is 14.9 Å². The van der Waals surface area contributed by atoms with Gasteiger partial charge in [-0.3, -0.25) is 4.79 Å². The van der Waals surface area contributed by atoms with Crippen LogP contribution >= 0.6 is 0 Å². The van der Waals surface area contributed by atoms with Gasteiger partial charge in [0.15, 0.2) is 0 Å².